The molecule has 0 aliphatic carbocycles. The third-order valence-corrected chi connectivity index (χ3v) is 6.27. The van der Waals surface area contributed by atoms with E-state index in [1.165, 1.54) is 50.5 Å². The first-order valence-corrected chi connectivity index (χ1v) is 16.2. The minimum Gasteiger partial charge on any atom is -0.491 e. The Morgan fingerprint density at radius 1 is 0.537 bits per heavy atom. The summed E-state index contributed by atoms with van der Waals surface area (Å²) in [5.74, 6) is 0.872. The van der Waals surface area contributed by atoms with E-state index in [9.17, 15) is 8.42 Å². The molecule has 0 saturated heterocycles. The first kappa shape index (κ1) is 37.7. The zero-order chi connectivity index (χ0) is 29.7. The largest absolute Gasteiger partial charge is 0.491 e. The zero-order valence-electron chi connectivity index (χ0n) is 24.8. The molecule has 0 aliphatic heterocycles. The lowest BCUT2D eigenvalue weighted by molar-refractivity contribution is -0.0188. The van der Waals surface area contributed by atoms with Gasteiger partial charge in [-0.2, -0.15) is 8.42 Å². The monoisotopic (exact) mass is 608 g/mol. The molecule has 0 saturated carbocycles. The molecule has 0 bridgehead atoms. The molecule has 0 amide bonds. The lowest BCUT2D eigenvalue weighted by atomic mass is 10.0. The Kier molecular flexibility index (Phi) is 25.3. The second-order valence-electron chi connectivity index (χ2n) is 9.29. The number of aryl methyl sites for hydroxylation is 1. The van der Waals surface area contributed by atoms with Crippen molar-refractivity contribution in [2.45, 2.75) is 58.3 Å². The van der Waals surface area contributed by atoms with Gasteiger partial charge in [0.25, 0.3) is 0 Å². The maximum absolute atomic E-state index is 10.3. The minimum atomic E-state index is -4.42. The third-order valence-electron chi connectivity index (χ3n) is 5.81. The van der Waals surface area contributed by atoms with Gasteiger partial charge in [-0.15, -0.1) is 0 Å². The van der Waals surface area contributed by atoms with E-state index in [1.807, 2.05) is 12.1 Å². The van der Waals surface area contributed by atoms with E-state index in [1.54, 1.807) is 0 Å². The molecule has 1 aromatic carbocycles. The van der Waals surface area contributed by atoms with E-state index in [4.69, 9.17) is 37.7 Å². The van der Waals surface area contributed by atoms with Gasteiger partial charge in [0.1, 0.15) is 12.4 Å². The molecular formula is C29H52O11S. The maximum atomic E-state index is 10.3. The summed E-state index contributed by atoms with van der Waals surface area (Å²) in [5.41, 5.74) is 1.37. The maximum Gasteiger partial charge on any atom is 0.397 e. The number of rotatable bonds is 31. The van der Waals surface area contributed by atoms with Gasteiger partial charge in [0, 0.05) is 0 Å². The van der Waals surface area contributed by atoms with Crippen molar-refractivity contribution in [1.82, 2.24) is 0 Å². The molecule has 1 aromatic rings. The lowest BCUT2D eigenvalue weighted by Gasteiger charge is -2.09. The Morgan fingerprint density at radius 2 is 0.927 bits per heavy atom. The molecule has 41 heavy (non-hydrogen) atoms. The molecule has 1 rings (SSSR count). The quantitative estimate of drug-likeness (QED) is 0.0958. The van der Waals surface area contributed by atoms with Gasteiger partial charge in [0.15, 0.2) is 0 Å². The van der Waals surface area contributed by atoms with Gasteiger partial charge in [-0.05, 0) is 30.5 Å². The summed E-state index contributed by atoms with van der Waals surface area (Å²) < 4.78 is 71.2. The molecule has 11 nitrogen and oxygen atoms in total. The van der Waals surface area contributed by atoms with Crippen LogP contribution in [0.15, 0.2) is 24.3 Å². The van der Waals surface area contributed by atoms with Gasteiger partial charge in [-0.25, -0.2) is 4.18 Å². The van der Waals surface area contributed by atoms with Gasteiger partial charge in [0.05, 0.1) is 85.9 Å². The molecule has 1 N–H and O–H groups in total. The molecule has 0 spiro atoms. The predicted molar refractivity (Wildman–Crippen MR) is 156 cm³/mol. The summed E-state index contributed by atoms with van der Waals surface area (Å²) >= 11 is 0. The molecule has 0 fully saturated rings. The van der Waals surface area contributed by atoms with Crippen LogP contribution >= 0.6 is 0 Å². The first-order valence-electron chi connectivity index (χ1n) is 14.8. The van der Waals surface area contributed by atoms with Gasteiger partial charge in [-0.3, -0.25) is 4.55 Å². The summed E-state index contributed by atoms with van der Waals surface area (Å²) in [7, 11) is -4.42. The van der Waals surface area contributed by atoms with Crippen molar-refractivity contribution in [2.75, 3.05) is 92.5 Å². The fourth-order valence-electron chi connectivity index (χ4n) is 3.66. The van der Waals surface area contributed by atoms with Crippen LogP contribution in [0.4, 0.5) is 0 Å². The second-order valence-corrected chi connectivity index (χ2v) is 10.4. The van der Waals surface area contributed by atoms with Crippen LogP contribution in [0.2, 0.25) is 0 Å². The van der Waals surface area contributed by atoms with Crippen molar-refractivity contribution in [1.29, 1.82) is 0 Å². The highest BCUT2D eigenvalue weighted by molar-refractivity contribution is 7.80. The van der Waals surface area contributed by atoms with Crippen molar-refractivity contribution < 1.29 is 50.3 Å². The number of hydrogen-bond acceptors (Lipinski definition) is 10. The normalized spacial score (nSPS) is 11.8. The highest BCUT2D eigenvalue weighted by Crippen LogP contribution is 2.15. The van der Waals surface area contributed by atoms with Crippen molar-refractivity contribution in [3.8, 4) is 5.75 Å². The summed E-state index contributed by atoms with van der Waals surface area (Å²) in [6, 6.07) is 8.39. The third kappa shape index (κ3) is 27.2. The highest BCUT2D eigenvalue weighted by Gasteiger charge is 2.03. The average Bonchev–Trinajstić information content (AvgIpc) is 2.95. The SMILES string of the molecule is CCCCCCCCCc1ccc(OCCOCCOCCOCCOCCOCCOCCOS(=O)(=O)O)cc1. The van der Waals surface area contributed by atoms with Crippen LogP contribution in [0, 0.1) is 0 Å². The fourth-order valence-corrected chi connectivity index (χ4v) is 3.94. The summed E-state index contributed by atoms with van der Waals surface area (Å²) in [6.07, 6.45) is 10.5. The number of ether oxygens (including phenoxy) is 7. The molecule has 0 heterocycles. The number of unbranched alkanes of at least 4 members (excludes halogenated alkanes) is 6. The van der Waals surface area contributed by atoms with Crippen LogP contribution in [0.1, 0.15) is 57.4 Å². The Hall–Kier alpha value is -1.35. The Bertz CT molecular complexity index is 790. The van der Waals surface area contributed by atoms with Crippen molar-refractivity contribution in [2.24, 2.45) is 0 Å². The van der Waals surface area contributed by atoms with Gasteiger partial charge >= 0.3 is 10.4 Å². The van der Waals surface area contributed by atoms with Crippen LogP contribution in [-0.2, 0) is 49.4 Å². The Labute approximate surface area is 247 Å². The standard InChI is InChI=1S/C29H52O11S/c1-2-3-4-5-6-7-8-9-28-10-12-29(13-11-28)39-26-24-37-22-20-35-18-16-33-14-15-34-17-19-36-21-23-38-25-27-40-41(30,31)32/h10-13H,2-9,14-27H2,1H3,(H,30,31,32). The first-order chi connectivity index (χ1) is 20.0. The van der Waals surface area contributed by atoms with Crippen LogP contribution in [-0.4, -0.2) is 105 Å². The van der Waals surface area contributed by atoms with Crippen LogP contribution < -0.4 is 4.74 Å². The van der Waals surface area contributed by atoms with Gasteiger partial charge < -0.3 is 33.2 Å². The topological polar surface area (TPSA) is 128 Å². The van der Waals surface area contributed by atoms with Crippen LogP contribution in [0.3, 0.4) is 0 Å². The van der Waals surface area contributed by atoms with Crippen LogP contribution in [0.5, 0.6) is 5.75 Å². The van der Waals surface area contributed by atoms with Crippen molar-refractivity contribution >= 4 is 10.4 Å². The summed E-state index contributed by atoms with van der Waals surface area (Å²) in [6.45, 7) is 7.43. The highest BCUT2D eigenvalue weighted by atomic mass is 32.3. The average molecular weight is 609 g/mol. The lowest BCUT2D eigenvalue weighted by Crippen LogP contribution is -2.15. The molecule has 12 heteroatoms. The summed E-state index contributed by atoms with van der Waals surface area (Å²) in [4.78, 5) is 0. The van der Waals surface area contributed by atoms with Gasteiger partial charge in [-0.1, -0.05) is 57.6 Å². The molecule has 0 unspecified atom stereocenters. The fraction of sp³-hybridized carbons (Fsp3) is 0.793. The molecule has 240 valence electrons. The molecule has 0 aliphatic rings. The number of benzene rings is 1. The second kappa shape index (κ2) is 27.5. The molecule has 0 atom stereocenters. The van der Waals surface area contributed by atoms with Crippen molar-refractivity contribution in [3.05, 3.63) is 29.8 Å². The molecule has 0 radical (unpaired) electrons. The Balaban J connectivity index is 1.77. The smallest absolute Gasteiger partial charge is 0.397 e. The summed E-state index contributed by atoms with van der Waals surface area (Å²) in [5, 5.41) is 0. The van der Waals surface area contributed by atoms with Crippen molar-refractivity contribution in [3.63, 3.8) is 0 Å². The predicted octanol–water partition coefficient (Wildman–Crippen LogP) is 4.28. The van der Waals surface area contributed by atoms with E-state index >= 15 is 0 Å². The van der Waals surface area contributed by atoms with Gasteiger partial charge in [0.2, 0.25) is 0 Å². The zero-order valence-corrected chi connectivity index (χ0v) is 25.6. The molecule has 0 aromatic heterocycles. The van der Waals surface area contributed by atoms with E-state index in [2.05, 4.69) is 23.2 Å². The minimum absolute atomic E-state index is 0.0392. The Morgan fingerprint density at radius 3 is 1.37 bits per heavy atom. The molecular weight excluding hydrogens is 556 g/mol. The van der Waals surface area contributed by atoms with E-state index in [0.717, 1.165) is 12.2 Å². The van der Waals surface area contributed by atoms with E-state index in [-0.39, 0.29) is 19.8 Å². The van der Waals surface area contributed by atoms with E-state index in [0.29, 0.717) is 72.7 Å². The van der Waals surface area contributed by atoms with E-state index < -0.39 is 10.4 Å². The van der Waals surface area contributed by atoms with Crippen LogP contribution in [0.25, 0.3) is 0 Å². The number of hydrogen-bond donors (Lipinski definition) is 1.